The van der Waals surface area contributed by atoms with Crippen LogP contribution in [0.25, 0.3) is 0 Å². The number of benzene rings is 2. The first-order valence-corrected chi connectivity index (χ1v) is 10.3. The lowest BCUT2D eigenvalue weighted by atomic mass is 9.90. The molecule has 1 saturated heterocycles. The number of rotatable bonds is 3. The van der Waals surface area contributed by atoms with Gasteiger partial charge in [-0.2, -0.15) is 13.2 Å². The average molecular weight is 432 g/mol. The third-order valence-corrected chi connectivity index (χ3v) is 5.82. The minimum absolute atomic E-state index is 0.0592. The quantitative estimate of drug-likeness (QED) is 0.627. The zero-order valence-electron chi connectivity index (χ0n) is 17.1. The largest absolute Gasteiger partial charge is 0.431 e. The van der Waals surface area contributed by atoms with Crippen molar-refractivity contribution in [3.8, 4) is 0 Å². The molecule has 2 aromatic carbocycles. The molecule has 164 valence electrons. The lowest BCUT2D eigenvalue weighted by Gasteiger charge is -2.40. The van der Waals surface area contributed by atoms with Crippen LogP contribution in [-0.2, 0) is 17.5 Å². The fourth-order valence-electron chi connectivity index (χ4n) is 4.28. The standard InChI is InChI=1S/C23H23F3N2O3/c1-16-6-5-7-18(14-16)20(29)28-22(12-3-2-4-13-22)31-21(30)27(28)15-17-8-10-19(11-9-17)23(24,25)26/h5-11,14H,2-4,12-13,15H2,1H3. The zero-order chi connectivity index (χ0) is 22.2. The second-order valence-corrected chi connectivity index (χ2v) is 8.11. The molecule has 31 heavy (non-hydrogen) atoms. The lowest BCUT2D eigenvalue weighted by Crippen LogP contribution is -2.54. The third kappa shape index (κ3) is 4.11. The van der Waals surface area contributed by atoms with Gasteiger partial charge >= 0.3 is 12.3 Å². The van der Waals surface area contributed by atoms with Crippen molar-refractivity contribution < 1.29 is 27.5 Å². The number of hydrogen-bond donors (Lipinski definition) is 0. The molecule has 5 nitrogen and oxygen atoms in total. The first-order chi connectivity index (χ1) is 14.7. The fourth-order valence-corrected chi connectivity index (χ4v) is 4.28. The van der Waals surface area contributed by atoms with E-state index in [1.54, 1.807) is 18.2 Å². The molecule has 1 heterocycles. The minimum Gasteiger partial charge on any atom is -0.419 e. The second-order valence-electron chi connectivity index (χ2n) is 8.11. The predicted molar refractivity (Wildman–Crippen MR) is 107 cm³/mol. The SMILES string of the molecule is Cc1cccc(C(=O)N2N(Cc3ccc(C(F)(F)F)cc3)C(=O)OC23CCCCC3)c1. The predicted octanol–water partition coefficient (Wildman–Crippen LogP) is 5.68. The second kappa shape index (κ2) is 7.90. The average Bonchev–Trinajstić information content (AvgIpc) is 2.98. The van der Waals surface area contributed by atoms with Crippen molar-refractivity contribution in [1.82, 2.24) is 10.0 Å². The van der Waals surface area contributed by atoms with Crippen LogP contribution in [0.4, 0.5) is 18.0 Å². The van der Waals surface area contributed by atoms with E-state index in [2.05, 4.69) is 0 Å². The van der Waals surface area contributed by atoms with Crippen LogP contribution < -0.4 is 0 Å². The molecule has 1 aliphatic carbocycles. The molecule has 0 aromatic heterocycles. The highest BCUT2D eigenvalue weighted by Crippen LogP contribution is 2.42. The molecule has 0 radical (unpaired) electrons. The molecule has 4 rings (SSSR count). The molecule has 0 N–H and O–H groups in total. The Morgan fingerprint density at radius 2 is 1.74 bits per heavy atom. The highest BCUT2D eigenvalue weighted by Gasteiger charge is 2.55. The van der Waals surface area contributed by atoms with E-state index < -0.39 is 23.6 Å². The third-order valence-electron chi connectivity index (χ3n) is 5.82. The normalized spacial score (nSPS) is 18.4. The highest BCUT2D eigenvalue weighted by molar-refractivity contribution is 5.96. The van der Waals surface area contributed by atoms with Crippen molar-refractivity contribution in [3.05, 3.63) is 70.8 Å². The van der Waals surface area contributed by atoms with Crippen LogP contribution in [0.1, 0.15) is 59.2 Å². The van der Waals surface area contributed by atoms with E-state index in [1.807, 2.05) is 13.0 Å². The van der Waals surface area contributed by atoms with E-state index >= 15 is 0 Å². The van der Waals surface area contributed by atoms with Gasteiger partial charge in [-0.05, 0) is 49.6 Å². The topological polar surface area (TPSA) is 49.9 Å². The number of nitrogens with zero attached hydrogens (tertiary/aromatic N) is 2. The van der Waals surface area contributed by atoms with Gasteiger partial charge in [0.25, 0.3) is 5.91 Å². The van der Waals surface area contributed by atoms with Crippen LogP contribution >= 0.6 is 0 Å². The van der Waals surface area contributed by atoms with E-state index in [1.165, 1.54) is 22.2 Å². The summed E-state index contributed by atoms with van der Waals surface area (Å²) in [4.78, 5) is 26.3. The van der Waals surface area contributed by atoms with E-state index in [-0.39, 0.29) is 12.5 Å². The molecule has 0 atom stereocenters. The highest BCUT2D eigenvalue weighted by atomic mass is 19.4. The molecule has 2 amide bonds. The number of halogens is 3. The molecule has 2 fully saturated rings. The Kier molecular flexibility index (Phi) is 5.41. The van der Waals surface area contributed by atoms with Crippen LogP contribution in [0.3, 0.4) is 0 Å². The van der Waals surface area contributed by atoms with Crippen molar-refractivity contribution >= 4 is 12.0 Å². The summed E-state index contributed by atoms with van der Waals surface area (Å²) in [6.07, 6.45) is -1.42. The molecule has 1 aliphatic heterocycles. The smallest absolute Gasteiger partial charge is 0.419 e. The van der Waals surface area contributed by atoms with Crippen LogP contribution in [0, 0.1) is 6.92 Å². The zero-order valence-corrected chi connectivity index (χ0v) is 17.1. The van der Waals surface area contributed by atoms with Crippen LogP contribution in [-0.4, -0.2) is 27.7 Å². The summed E-state index contributed by atoms with van der Waals surface area (Å²) >= 11 is 0. The first-order valence-electron chi connectivity index (χ1n) is 10.3. The summed E-state index contributed by atoms with van der Waals surface area (Å²) in [7, 11) is 0. The van der Waals surface area contributed by atoms with Gasteiger partial charge in [-0.1, -0.05) is 36.2 Å². The summed E-state index contributed by atoms with van der Waals surface area (Å²) in [5.74, 6) is -0.358. The Labute approximate surface area is 178 Å². The maximum Gasteiger partial charge on any atom is 0.431 e. The monoisotopic (exact) mass is 432 g/mol. The van der Waals surface area contributed by atoms with Gasteiger partial charge in [-0.3, -0.25) is 4.79 Å². The molecule has 8 heteroatoms. The molecule has 0 bridgehead atoms. The maximum atomic E-state index is 13.5. The van der Waals surface area contributed by atoms with Crippen LogP contribution in [0.5, 0.6) is 0 Å². The van der Waals surface area contributed by atoms with Gasteiger partial charge in [0.15, 0.2) is 0 Å². The number of ether oxygens (including phenoxy) is 1. The number of carbonyl (C=O) groups excluding carboxylic acids is 2. The van der Waals surface area contributed by atoms with E-state index in [9.17, 15) is 22.8 Å². The number of hydrogen-bond acceptors (Lipinski definition) is 3. The first kappa shape index (κ1) is 21.2. The number of aryl methyl sites for hydroxylation is 1. The Morgan fingerprint density at radius 1 is 1.06 bits per heavy atom. The minimum atomic E-state index is -4.44. The number of hydrazine groups is 1. The molecule has 1 spiro atoms. The van der Waals surface area contributed by atoms with Gasteiger partial charge in [0.05, 0.1) is 12.1 Å². The van der Waals surface area contributed by atoms with Gasteiger partial charge in [-0.25, -0.2) is 14.8 Å². The number of alkyl halides is 3. The van der Waals surface area contributed by atoms with Gasteiger partial charge < -0.3 is 4.74 Å². The molecule has 2 aromatic rings. The van der Waals surface area contributed by atoms with Crippen molar-refractivity contribution in [3.63, 3.8) is 0 Å². The van der Waals surface area contributed by atoms with Crippen molar-refractivity contribution in [2.75, 3.05) is 0 Å². The summed E-state index contributed by atoms with van der Waals surface area (Å²) in [5, 5.41) is 2.61. The van der Waals surface area contributed by atoms with Gasteiger partial charge in [-0.15, -0.1) is 0 Å². The van der Waals surface area contributed by atoms with E-state index in [0.29, 0.717) is 24.0 Å². The summed E-state index contributed by atoms with van der Waals surface area (Å²) in [6.45, 7) is 1.81. The fraction of sp³-hybridized carbons (Fsp3) is 0.391. The Hall–Kier alpha value is -3.03. The summed E-state index contributed by atoms with van der Waals surface area (Å²) < 4.78 is 44.4. The molecular weight excluding hydrogens is 409 g/mol. The van der Waals surface area contributed by atoms with Crippen LogP contribution in [0.2, 0.25) is 0 Å². The van der Waals surface area contributed by atoms with Crippen molar-refractivity contribution in [2.24, 2.45) is 0 Å². The molecule has 1 saturated carbocycles. The van der Waals surface area contributed by atoms with E-state index in [4.69, 9.17) is 4.74 Å². The Balaban J connectivity index is 1.67. The number of amides is 2. The van der Waals surface area contributed by atoms with Crippen LogP contribution in [0.15, 0.2) is 48.5 Å². The summed E-state index contributed by atoms with van der Waals surface area (Å²) in [6, 6.07) is 11.7. The molecule has 0 unspecified atom stereocenters. The number of carbonyl (C=O) groups is 2. The van der Waals surface area contributed by atoms with Gasteiger partial charge in [0.1, 0.15) is 0 Å². The van der Waals surface area contributed by atoms with Gasteiger partial charge in [0.2, 0.25) is 5.72 Å². The molecule has 2 aliphatic rings. The Morgan fingerprint density at radius 3 is 2.35 bits per heavy atom. The van der Waals surface area contributed by atoms with Gasteiger partial charge in [0, 0.05) is 18.4 Å². The lowest BCUT2D eigenvalue weighted by molar-refractivity contribution is -0.137. The Bertz CT molecular complexity index is 982. The van der Waals surface area contributed by atoms with Crippen molar-refractivity contribution in [1.29, 1.82) is 0 Å². The van der Waals surface area contributed by atoms with Crippen molar-refractivity contribution in [2.45, 2.75) is 57.5 Å². The summed E-state index contributed by atoms with van der Waals surface area (Å²) in [5.41, 5.74) is -0.0105. The maximum absolute atomic E-state index is 13.5. The molecular formula is C23H23F3N2O3. The van der Waals surface area contributed by atoms with E-state index in [0.717, 1.165) is 37.0 Å².